The second kappa shape index (κ2) is 10.3. The van der Waals surface area contributed by atoms with Crippen LogP contribution in [0.15, 0.2) is 0 Å². The molecule has 0 fully saturated rings. The molecule has 6 heteroatoms. The largest absolute Gasteiger partial charge is 2.00 e. The van der Waals surface area contributed by atoms with Crippen LogP contribution in [0.4, 0.5) is 4.79 Å². The number of carbonyl (C=O) groups excluding carboxylic acids is 1. The molecule has 0 spiro atoms. The van der Waals surface area contributed by atoms with E-state index in [-0.39, 0.29) is 16.8 Å². The van der Waals surface area contributed by atoms with Crippen molar-refractivity contribution < 1.29 is 41.7 Å². The molecule has 0 saturated carbocycles. The number of rotatable bonds is 0. The molecule has 0 amide bonds. The van der Waals surface area contributed by atoms with Crippen LogP contribution in [0.2, 0.25) is 0 Å². The average Bonchev–Trinajstić information content (AvgIpc) is 1.25. The van der Waals surface area contributed by atoms with Gasteiger partial charge in [0.15, 0.2) is 0 Å². The normalized spacial score (nSPS) is 5.44. The Labute approximate surface area is 61.5 Å². The molecule has 0 aliphatic heterocycles. The van der Waals surface area contributed by atoms with Gasteiger partial charge in [0, 0.05) is 6.92 Å². The van der Waals surface area contributed by atoms with Gasteiger partial charge in [-0.05, 0) is 6.16 Å². The van der Waals surface area contributed by atoms with Crippen molar-refractivity contribution in [3.05, 3.63) is 0 Å². The van der Waals surface area contributed by atoms with E-state index >= 15 is 0 Å². The zero-order chi connectivity index (χ0) is 7.15. The Balaban J connectivity index is -0.0000000720. The molecule has 0 saturated heterocycles. The van der Waals surface area contributed by atoms with Crippen molar-refractivity contribution >= 4 is 12.1 Å². The first kappa shape index (κ1) is 15.7. The molecule has 0 bridgehead atoms. The van der Waals surface area contributed by atoms with Gasteiger partial charge in [0.05, 0.1) is 0 Å². The molecular formula is C3H4CoO5. The van der Waals surface area contributed by atoms with Crippen LogP contribution in [0, 0.1) is 0 Å². The van der Waals surface area contributed by atoms with Crippen LogP contribution >= 0.6 is 0 Å². The van der Waals surface area contributed by atoms with Crippen LogP contribution in [0.5, 0.6) is 0 Å². The molecule has 0 aromatic carbocycles. The Morgan fingerprint density at radius 1 is 1.33 bits per heavy atom. The van der Waals surface area contributed by atoms with Crippen LogP contribution < -0.4 is 10.2 Å². The standard InChI is InChI=1S/C2H4O2.CH2O3.Co/c1-2(3)4;2-1(3)4;/h1H3,(H,3,4);(H2,2,3,4);/q;;+2/p-2. The smallest absolute Gasteiger partial charge is 0.652 e. The van der Waals surface area contributed by atoms with Crippen LogP contribution in [0.25, 0.3) is 0 Å². The predicted molar refractivity (Wildman–Crippen MR) is 18.7 cm³/mol. The van der Waals surface area contributed by atoms with E-state index in [1.165, 1.54) is 0 Å². The third kappa shape index (κ3) is 351. The van der Waals surface area contributed by atoms with E-state index in [1.54, 1.807) is 0 Å². The number of carboxylic acids is 1. The molecule has 1 radical (unpaired) electrons. The minimum absolute atomic E-state index is 0. The first-order valence-electron chi connectivity index (χ1n) is 1.54. The summed E-state index contributed by atoms with van der Waals surface area (Å²) in [5, 5.41) is 24.1. The maximum absolute atomic E-state index is 9.00. The summed E-state index contributed by atoms with van der Waals surface area (Å²) in [5.41, 5.74) is 0. The molecule has 0 rings (SSSR count). The maximum atomic E-state index is 9.00. The van der Waals surface area contributed by atoms with Crippen LogP contribution in [0.1, 0.15) is 6.92 Å². The first-order chi connectivity index (χ1) is 3.46. The third-order valence-corrected chi connectivity index (χ3v) is 0. The molecule has 0 heterocycles. The minimum Gasteiger partial charge on any atom is -0.652 e. The number of hydrogen-bond acceptors (Lipinski definition) is 4. The first-order valence-corrected chi connectivity index (χ1v) is 1.54. The molecule has 9 heavy (non-hydrogen) atoms. The summed E-state index contributed by atoms with van der Waals surface area (Å²) < 4.78 is 0. The quantitative estimate of drug-likeness (QED) is 0.448. The fourth-order valence-electron chi connectivity index (χ4n) is 0. The number of hydrogen-bond donors (Lipinski definition) is 1. The SMILES string of the molecule is CC(=O)O.O=C([O-])[O-].[Co+2]. The Kier molecular flexibility index (Phi) is 18.0. The van der Waals surface area contributed by atoms with Gasteiger partial charge in [0.1, 0.15) is 0 Å². The molecule has 0 aromatic rings. The van der Waals surface area contributed by atoms with Gasteiger partial charge in [-0.3, -0.25) is 4.79 Å². The number of carbonyl (C=O) groups is 2. The van der Waals surface area contributed by atoms with E-state index in [2.05, 4.69) is 0 Å². The number of carboxylic acid groups (broad SMARTS) is 3. The van der Waals surface area contributed by atoms with Crippen molar-refractivity contribution in [3.63, 3.8) is 0 Å². The predicted octanol–water partition coefficient (Wildman–Crippen LogP) is -2.36. The fraction of sp³-hybridized carbons (Fsp3) is 0.333. The van der Waals surface area contributed by atoms with E-state index in [4.69, 9.17) is 24.9 Å². The molecule has 0 aliphatic carbocycles. The number of aliphatic carboxylic acids is 1. The van der Waals surface area contributed by atoms with Gasteiger partial charge in [0.2, 0.25) is 0 Å². The molecule has 0 aromatic heterocycles. The summed E-state index contributed by atoms with van der Waals surface area (Å²) in [6, 6.07) is 0. The van der Waals surface area contributed by atoms with Gasteiger partial charge in [-0.1, -0.05) is 0 Å². The van der Waals surface area contributed by atoms with Crippen molar-refractivity contribution in [3.8, 4) is 0 Å². The zero-order valence-corrected chi connectivity index (χ0v) is 5.45. The monoisotopic (exact) mass is 179 g/mol. The average molecular weight is 179 g/mol. The Hall–Kier alpha value is -0.754. The summed E-state index contributed by atoms with van der Waals surface area (Å²) >= 11 is 0. The molecule has 0 atom stereocenters. The second-order valence-electron chi connectivity index (χ2n) is 0.769. The van der Waals surface area contributed by atoms with Crippen LogP contribution in [-0.2, 0) is 21.6 Å². The van der Waals surface area contributed by atoms with E-state index in [1.807, 2.05) is 0 Å². The van der Waals surface area contributed by atoms with Crippen molar-refractivity contribution in [1.82, 2.24) is 0 Å². The van der Waals surface area contributed by atoms with Crippen molar-refractivity contribution in [1.29, 1.82) is 0 Å². The van der Waals surface area contributed by atoms with E-state index in [9.17, 15) is 0 Å². The van der Waals surface area contributed by atoms with E-state index < -0.39 is 12.1 Å². The van der Waals surface area contributed by atoms with Crippen LogP contribution in [0.3, 0.4) is 0 Å². The maximum Gasteiger partial charge on any atom is 2.00 e. The summed E-state index contributed by atoms with van der Waals surface area (Å²) in [7, 11) is 0. The summed E-state index contributed by atoms with van der Waals surface area (Å²) in [4.78, 5) is 17.3. The molecule has 5 nitrogen and oxygen atoms in total. The molecule has 0 aliphatic rings. The van der Waals surface area contributed by atoms with Crippen LogP contribution in [-0.4, -0.2) is 17.2 Å². The van der Waals surface area contributed by atoms with E-state index in [0.29, 0.717) is 0 Å². The zero-order valence-electron chi connectivity index (χ0n) is 4.41. The molecule has 1 N–H and O–H groups in total. The van der Waals surface area contributed by atoms with Crippen molar-refractivity contribution in [2.24, 2.45) is 0 Å². The van der Waals surface area contributed by atoms with Gasteiger partial charge in [-0.2, -0.15) is 0 Å². The summed E-state index contributed by atoms with van der Waals surface area (Å²) in [5.74, 6) is -0.833. The third-order valence-electron chi connectivity index (χ3n) is 0. The summed E-state index contributed by atoms with van der Waals surface area (Å²) in [6.07, 6.45) is -2.33. The Bertz CT molecular complexity index is 70.2. The topological polar surface area (TPSA) is 100 Å². The van der Waals surface area contributed by atoms with Gasteiger partial charge in [0.25, 0.3) is 5.97 Å². The van der Waals surface area contributed by atoms with E-state index in [0.717, 1.165) is 6.92 Å². The van der Waals surface area contributed by atoms with Crippen molar-refractivity contribution in [2.75, 3.05) is 0 Å². The van der Waals surface area contributed by atoms with Gasteiger partial charge >= 0.3 is 16.8 Å². The fourth-order valence-corrected chi connectivity index (χ4v) is 0. The molecule has 0 unspecified atom stereocenters. The Morgan fingerprint density at radius 3 is 1.33 bits per heavy atom. The molecular weight excluding hydrogens is 175 g/mol. The van der Waals surface area contributed by atoms with Gasteiger partial charge < -0.3 is 20.1 Å². The van der Waals surface area contributed by atoms with Crippen molar-refractivity contribution in [2.45, 2.75) is 6.92 Å². The van der Waals surface area contributed by atoms with Gasteiger partial charge in [-0.25, -0.2) is 0 Å². The molecule has 55 valence electrons. The van der Waals surface area contributed by atoms with Gasteiger partial charge in [-0.15, -0.1) is 0 Å². The Morgan fingerprint density at radius 2 is 1.33 bits per heavy atom. The summed E-state index contributed by atoms with van der Waals surface area (Å²) in [6.45, 7) is 1.08. The second-order valence-corrected chi connectivity index (χ2v) is 0.769. The minimum atomic E-state index is -2.33.